The molecule has 4 rings (SSSR count). The first kappa shape index (κ1) is 17.9. The van der Waals surface area contributed by atoms with E-state index in [9.17, 15) is 4.79 Å². The SMILES string of the molecule is CCCCc1ccc2nc(Nc3nc4ccc(C(=O)OC)cc4s3)sc2c1. The molecule has 0 aliphatic carbocycles. The van der Waals surface area contributed by atoms with Crippen LogP contribution in [0.15, 0.2) is 36.4 Å². The van der Waals surface area contributed by atoms with E-state index in [4.69, 9.17) is 4.74 Å². The Morgan fingerprint density at radius 3 is 2.37 bits per heavy atom. The number of hydrogen-bond donors (Lipinski definition) is 1. The summed E-state index contributed by atoms with van der Waals surface area (Å²) in [5.74, 6) is -0.343. The first-order chi connectivity index (χ1) is 13.2. The zero-order valence-corrected chi connectivity index (χ0v) is 16.7. The Balaban J connectivity index is 1.58. The highest BCUT2D eigenvalue weighted by Gasteiger charge is 2.11. The summed E-state index contributed by atoms with van der Waals surface area (Å²) in [7, 11) is 1.38. The average Bonchev–Trinajstić information content (AvgIpc) is 3.27. The molecule has 0 unspecified atom stereocenters. The van der Waals surface area contributed by atoms with Crippen molar-refractivity contribution in [2.24, 2.45) is 0 Å². The lowest BCUT2D eigenvalue weighted by Crippen LogP contribution is -1.99. The van der Waals surface area contributed by atoms with Crippen LogP contribution in [0, 0.1) is 0 Å². The molecule has 7 heteroatoms. The van der Waals surface area contributed by atoms with Crippen molar-refractivity contribution in [2.45, 2.75) is 26.2 Å². The van der Waals surface area contributed by atoms with Crippen LogP contribution in [0.5, 0.6) is 0 Å². The maximum absolute atomic E-state index is 11.7. The number of carbonyl (C=O) groups is 1. The fourth-order valence-electron chi connectivity index (χ4n) is 2.87. The molecule has 0 aliphatic heterocycles. The van der Waals surface area contributed by atoms with Gasteiger partial charge in [0.25, 0.3) is 0 Å². The molecule has 2 heterocycles. The Bertz CT molecular complexity index is 1120. The number of rotatable bonds is 6. The zero-order valence-electron chi connectivity index (χ0n) is 15.1. The van der Waals surface area contributed by atoms with E-state index >= 15 is 0 Å². The van der Waals surface area contributed by atoms with Crippen molar-refractivity contribution >= 4 is 59.3 Å². The number of nitrogens with one attached hydrogen (secondary N) is 1. The van der Waals surface area contributed by atoms with Crippen LogP contribution in [0.25, 0.3) is 20.4 Å². The van der Waals surface area contributed by atoms with E-state index in [1.807, 2.05) is 12.1 Å². The van der Waals surface area contributed by atoms with Gasteiger partial charge in [-0.3, -0.25) is 0 Å². The number of methoxy groups -OCH3 is 1. The number of hydrogen-bond acceptors (Lipinski definition) is 7. The number of thiazole rings is 2. The van der Waals surface area contributed by atoms with E-state index in [1.165, 1.54) is 41.6 Å². The van der Waals surface area contributed by atoms with Gasteiger partial charge in [-0.05, 0) is 48.7 Å². The third-order valence-corrected chi connectivity index (χ3v) is 6.16. The van der Waals surface area contributed by atoms with Gasteiger partial charge in [0.05, 0.1) is 33.1 Å². The summed E-state index contributed by atoms with van der Waals surface area (Å²) in [6.45, 7) is 2.21. The summed E-state index contributed by atoms with van der Waals surface area (Å²) in [6.07, 6.45) is 3.50. The molecule has 2 aromatic heterocycles. The lowest BCUT2D eigenvalue weighted by molar-refractivity contribution is 0.0601. The molecule has 0 bridgehead atoms. The number of benzene rings is 2. The van der Waals surface area contributed by atoms with Crippen LogP contribution in [-0.2, 0) is 11.2 Å². The van der Waals surface area contributed by atoms with Crippen molar-refractivity contribution in [2.75, 3.05) is 12.4 Å². The largest absolute Gasteiger partial charge is 0.465 e. The Kier molecular flexibility index (Phi) is 5.05. The standard InChI is InChI=1S/C20H19N3O2S2/c1-3-4-5-12-6-8-14-16(10-12)26-19(21-14)23-20-22-15-9-7-13(18(24)25-2)11-17(15)27-20/h6-11H,3-5H2,1-2H3,(H,21,22,23). The van der Waals surface area contributed by atoms with Gasteiger partial charge in [-0.25, -0.2) is 14.8 Å². The molecular weight excluding hydrogens is 378 g/mol. The second-order valence-electron chi connectivity index (χ2n) is 6.24. The summed E-state index contributed by atoms with van der Waals surface area (Å²) in [4.78, 5) is 20.9. The van der Waals surface area contributed by atoms with Crippen molar-refractivity contribution in [1.82, 2.24) is 9.97 Å². The van der Waals surface area contributed by atoms with Gasteiger partial charge in [0, 0.05) is 0 Å². The molecule has 2 aromatic carbocycles. The highest BCUT2D eigenvalue weighted by Crippen LogP contribution is 2.33. The van der Waals surface area contributed by atoms with Crippen LogP contribution in [0.3, 0.4) is 0 Å². The minimum Gasteiger partial charge on any atom is -0.465 e. The molecule has 0 aliphatic rings. The number of ether oxygens (including phenoxy) is 1. The van der Waals surface area contributed by atoms with Gasteiger partial charge in [-0.1, -0.05) is 42.1 Å². The summed E-state index contributed by atoms with van der Waals surface area (Å²) in [5.41, 5.74) is 3.73. The average molecular weight is 398 g/mol. The predicted octanol–water partition coefficient (Wildman–Crippen LogP) is 5.78. The molecule has 0 amide bonds. The first-order valence-electron chi connectivity index (χ1n) is 8.81. The molecule has 0 spiro atoms. The number of carbonyl (C=O) groups excluding carboxylic acids is 1. The van der Waals surface area contributed by atoms with E-state index in [-0.39, 0.29) is 5.97 Å². The second-order valence-corrected chi connectivity index (χ2v) is 8.30. The third-order valence-electron chi connectivity index (χ3n) is 4.30. The summed E-state index contributed by atoms with van der Waals surface area (Å²) in [5, 5.41) is 4.89. The number of unbranched alkanes of at least 4 members (excludes halogenated alkanes) is 1. The Labute approximate surface area is 165 Å². The van der Waals surface area contributed by atoms with Crippen LogP contribution in [0.4, 0.5) is 10.3 Å². The molecule has 4 aromatic rings. The Morgan fingerprint density at radius 1 is 1.04 bits per heavy atom. The monoisotopic (exact) mass is 397 g/mol. The normalized spacial score (nSPS) is 11.2. The molecule has 138 valence electrons. The van der Waals surface area contributed by atoms with Crippen LogP contribution in [0.2, 0.25) is 0 Å². The summed E-state index contributed by atoms with van der Waals surface area (Å²) < 4.78 is 6.89. The van der Waals surface area contributed by atoms with Gasteiger partial charge in [0.1, 0.15) is 0 Å². The number of esters is 1. The number of nitrogens with zero attached hydrogens (tertiary/aromatic N) is 2. The highest BCUT2D eigenvalue weighted by atomic mass is 32.1. The molecule has 0 atom stereocenters. The van der Waals surface area contributed by atoms with Gasteiger partial charge >= 0.3 is 5.97 Å². The molecule has 0 fully saturated rings. The van der Waals surface area contributed by atoms with Gasteiger partial charge in [-0.15, -0.1) is 0 Å². The maximum Gasteiger partial charge on any atom is 0.337 e. The maximum atomic E-state index is 11.7. The van der Waals surface area contributed by atoms with E-state index in [0.29, 0.717) is 5.56 Å². The van der Waals surface area contributed by atoms with Crippen molar-refractivity contribution in [3.05, 3.63) is 47.5 Å². The summed E-state index contributed by atoms with van der Waals surface area (Å²) >= 11 is 3.13. The minimum atomic E-state index is -0.343. The van der Waals surface area contributed by atoms with Crippen molar-refractivity contribution in [3.63, 3.8) is 0 Å². The fourth-order valence-corrected chi connectivity index (χ4v) is 4.77. The van der Waals surface area contributed by atoms with E-state index in [2.05, 4.69) is 40.4 Å². The first-order valence-corrected chi connectivity index (χ1v) is 10.4. The topological polar surface area (TPSA) is 64.1 Å². The molecular formula is C20H19N3O2S2. The Hall–Kier alpha value is -2.51. The molecule has 27 heavy (non-hydrogen) atoms. The quantitative estimate of drug-likeness (QED) is 0.418. The van der Waals surface area contributed by atoms with Crippen molar-refractivity contribution < 1.29 is 9.53 Å². The lowest BCUT2D eigenvalue weighted by atomic mass is 10.1. The molecule has 0 radical (unpaired) electrons. The van der Waals surface area contributed by atoms with Crippen LogP contribution >= 0.6 is 22.7 Å². The van der Waals surface area contributed by atoms with Crippen molar-refractivity contribution in [1.29, 1.82) is 0 Å². The van der Waals surface area contributed by atoms with Crippen LogP contribution in [0.1, 0.15) is 35.7 Å². The van der Waals surface area contributed by atoms with Gasteiger partial charge in [0.2, 0.25) is 0 Å². The number of aromatic nitrogens is 2. The molecule has 1 N–H and O–H groups in total. The molecule has 0 saturated heterocycles. The van der Waals surface area contributed by atoms with Gasteiger partial charge < -0.3 is 10.1 Å². The van der Waals surface area contributed by atoms with Crippen molar-refractivity contribution in [3.8, 4) is 0 Å². The van der Waals surface area contributed by atoms with Gasteiger partial charge in [0.15, 0.2) is 10.3 Å². The van der Waals surface area contributed by atoms with E-state index in [1.54, 1.807) is 17.4 Å². The van der Waals surface area contributed by atoms with Crippen LogP contribution < -0.4 is 5.32 Å². The minimum absolute atomic E-state index is 0.343. The zero-order chi connectivity index (χ0) is 18.8. The smallest absolute Gasteiger partial charge is 0.337 e. The summed E-state index contributed by atoms with van der Waals surface area (Å²) in [6, 6.07) is 11.8. The number of aryl methyl sites for hydroxylation is 1. The molecule has 5 nitrogen and oxygen atoms in total. The van der Waals surface area contributed by atoms with E-state index < -0.39 is 0 Å². The predicted molar refractivity (Wildman–Crippen MR) is 112 cm³/mol. The molecule has 0 saturated carbocycles. The third kappa shape index (κ3) is 3.79. The van der Waals surface area contributed by atoms with E-state index in [0.717, 1.165) is 32.4 Å². The Morgan fingerprint density at radius 2 is 1.70 bits per heavy atom. The van der Waals surface area contributed by atoms with Gasteiger partial charge in [-0.2, -0.15) is 0 Å². The lowest BCUT2D eigenvalue weighted by Gasteiger charge is -1.98. The van der Waals surface area contributed by atoms with Crippen LogP contribution in [-0.4, -0.2) is 23.0 Å². The fraction of sp³-hybridized carbons (Fsp3) is 0.250. The highest BCUT2D eigenvalue weighted by molar-refractivity contribution is 7.24. The number of anilines is 2. The number of fused-ring (bicyclic) bond motifs is 2. The second kappa shape index (κ2) is 7.62.